The number of hydrogen-bond donors (Lipinski definition) is 0. The van der Waals surface area contributed by atoms with Crippen LogP contribution < -0.4 is 4.74 Å². The highest BCUT2D eigenvalue weighted by molar-refractivity contribution is 6.31. The van der Waals surface area contributed by atoms with Gasteiger partial charge in [-0.15, -0.1) is 0 Å². The molecule has 1 heterocycles. The van der Waals surface area contributed by atoms with Gasteiger partial charge in [-0.05, 0) is 20.8 Å². The van der Waals surface area contributed by atoms with Crippen molar-refractivity contribution in [3.05, 3.63) is 17.0 Å². The lowest BCUT2D eigenvalue weighted by Gasteiger charge is -2.19. The first-order chi connectivity index (χ1) is 6.42. The summed E-state index contributed by atoms with van der Waals surface area (Å²) in [6, 6.07) is 0. The van der Waals surface area contributed by atoms with Gasteiger partial charge in [0.1, 0.15) is 11.3 Å². The molecule has 1 aromatic rings. The highest BCUT2D eigenvalue weighted by Crippen LogP contribution is 2.17. The number of carbonyl (C=O) groups excluding carboxylic acids is 1. The molecule has 0 saturated carbocycles. The van der Waals surface area contributed by atoms with E-state index in [1.54, 1.807) is 0 Å². The second kappa shape index (κ2) is 3.92. The van der Waals surface area contributed by atoms with Crippen molar-refractivity contribution >= 4 is 17.9 Å². The Bertz CT molecular complexity index is 347. The first-order valence-corrected chi connectivity index (χ1v) is 4.47. The summed E-state index contributed by atoms with van der Waals surface area (Å²) in [5.41, 5.74) is -0.242. The first kappa shape index (κ1) is 10.9. The van der Waals surface area contributed by atoms with Gasteiger partial charge in [0.15, 0.2) is 11.4 Å². The molecule has 0 amide bonds. The molecule has 0 N–H and O–H groups in total. The number of carbonyl (C=O) groups is 1. The van der Waals surface area contributed by atoms with Gasteiger partial charge < -0.3 is 4.74 Å². The summed E-state index contributed by atoms with van der Waals surface area (Å²) in [6.45, 7) is 5.66. The number of ether oxygens (including phenoxy) is 1. The maximum Gasteiger partial charge on any atom is 0.234 e. The first-order valence-electron chi connectivity index (χ1n) is 4.09. The lowest BCUT2D eigenvalue weighted by molar-refractivity contribution is 0.111. The van der Waals surface area contributed by atoms with Crippen LogP contribution in [-0.4, -0.2) is 21.9 Å². The molecule has 0 fully saturated rings. The van der Waals surface area contributed by atoms with E-state index in [1.165, 1.54) is 6.20 Å². The maximum absolute atomic E-state index is 10.4. The molecule has 4 nitrogen and oxygen atoms in total. The molecule has 0 unspecified atom stereocenters. The molecule has 0 spiro atoms. The van der Waals surface area contributed by atoms with Gasteiger partial charge in [-0.3, -0.25) is 4.79 Å². The van der Waals surface area contributed by atoms with Crippen LogP contribution in [-0.2, 0) is 0 Å². The highest BCUT2D eigenvalue weighted by Gasteiger charge is 2.14. The summed E-state index contributed by atoms with van der Waals surface area (Å²) in [5.74, 6) is 0.313. The summed E-state index contributed by atoms with van der Waals surface area (Å²) in [4.78, 5) is 18.1. The molecule has 0 aliphatic heterocycles. The molecule has 0 radical (unpaired) electrons. The maximum atomic E-state index is 10.4. The van der Waals surface area contributed by atoms with Crippen molar-refractivity contribution in [3.63, 3.8) is 0 Å². The standard InChI is InChI=1S/C9H11ClN2O2/c1-9(2,3)14-7-4-11-6(5-13)8(10)12-7/h4-5H,1-3H3. The Hall–Kier alpha value is -1.16. The summed E-state index contributed by atoms with van der Waals surface area (Å²) in [7, 11) is 0. The fraction of sp³-hybridized carbons (Fsp3) is 0.444. The molecule has 5 heteroatoms. The summed E-state index contributed by atoms with van der Waals surface area (Å²) in [5, 5.41) is 0.0572. The second-order valence-electron chi connectivity index (χ2n) is 3.72. The minimum Gasteiger partial charge on any atom is -0.471 e. The third-order valence-corrected chi connectivity index (χ3v) is 1.53. The molecule has 0 aliphatic rings. The van der Waals surface area contributed by atoms with Crippen LogP contribution in [0, 0.1) is 0 Å². The Morgan fingerprint density at radius 2 is 2.14 bits per heavy atom. The summed E-state index contributed by atoms with van der Waals surface area (Å²) in [6.07, 6.45) is 1.93. The Morgan fingerprint density at radius 3 is 2.57 bits per heavy atom. The Morgan fingerprint density at radius 1 is 1.50 bits per heavy atom. The van der Waals surface area contributed by atoms with Gasteiger partial charge in [-0.25, -0.2) is 4.98 Å². The topological polar surface area (TPSA) is 52.1 Å². The third kappa shape index (κ3) is 2.96. The van der Waals surface area contributed by atoms with Gasteiger partial charge in [0.2, 0.25) is 5.88 Å². The third-order valence-electron chi connectivity index (χ3n) is 1.26. The van der Waals surface area contributed by atoms with E-state index in [-0.39, 0.29) is 16.4 Å². The van der Waals surface area contributed by atoms with E-state index < -0.39 is 0 Å². The van der Waals surface area contributed by atoms with Crippen LogP contribution in [0.15, 0.2) is 6.20 Å². The van der Waals surface area contributed by atoms with Crippen molar-refractivity contribution < 1.29 is 9.53 Å². The average Bonchev–Trinajstić information content (AvgIpc) is 2.01. The van der Waals surface area contributed by atoms with E-state index in [4.69, 9.17) is 16.3 Å². The fourth-order valence-corrected chi connectivity index (χ4v) is 0.979. The van der Waals surface area contributed by atoms with Crippen LogP contribution in [0.25, 0.3) is 0 Å². The van der Waals surface area contributed by atoms with E-state index in [0.717, 1.165) is 0 Å². The number of rotatable bonds is 2. The molecule has 14 heavy (non-hydrogen) atoms. The Kier molecular flexibility index (Phi) is 3.06. The molecular formula is C9H11ClN2O2. The van der Waals surface area contributed by atoms with Crippen molar-refractivity contribution in [1.29, 1.82) is 0 Å². The second-order valence-corrected chi connectivity index (χ2v) is 4.07. The normalized spacial score (nSPS) is 11.1. The molecule has 0 bridgehead atoms. The molecule has 1 rings (SSSR count). The van der Waals surface area contributed by atoms with E-state index in [0.29, 0.717) is 12.2 Å². The highest BCUT2D eigenvalue weighted by atomic mass is 35.5. The Balaban J connectivity index is 2.92. The van der Waals surface area contributed by atoms with Crippen LogP contribution in [0.3, 0.4) is 0 Å². The minimum atomic E-state index is -0.360. The van der Waals surface area contributed by atoms with Crippen molar-refractivity contribution in [2.75, 3.05) is 0 Å². The summed E-state index contributed by atoms with van der Waals surface area (Å²) < 4.78 is 5.41. The van der Waals surface area contributed by atoms with Gasteiger partial charge in [0.05, 0.1) is 6.20 Å². The van der Waals surface area contributed by atoms with Crippen molar-refractivity contribution in [1.82, 2.24) is 9.97 Å². The zero-order chi connectivity index (χ0) is 10.8. The van der Waals surface area contributed by atoms with Crippen LogP contribution in [0.4, 0.5) is 0 Å². The number of nitrogens with zero attached hydrogens (tertiary/aromatic N) is 2. The number of hydrogen-bond acceptors (Lipinski definition) is 4. The molecule has 0 atom stereocenters. The van der Waals surface area contributed by atoms with Gasteiger partial charge in [0, 0.05) is 0 Å². The SMILES string of the molecule is CC(C)(C)Oc1cnc(C=O)c(Cl)n1. The van der Waals surface area contributed by atoms with Crippen molar-refractivity contribution in [3.8, 4) is 5.88 Å². The number of halogens is 1. The van der Waals surface area contributed by atoms with Crippen LogP contribution in [0.5, 0.6) is 5.88 Å². The molecular weight excluding hydrogens is 204 g/mol. The zero-order valence-electron chi connectivity index (χ0n) is 8.24. The van der Waals surface area contributed by atoms with Gasteiger partial charge >= 0.3 is 0 Å². The largest absolute Gasteiger partial charge is 0.471 e. The monoisotopic (exact) mass is 214 g/mol. The minimum absolute atomic E-state index is 0.0572. The van der Waals surface area contributed by atoms with Crippen LogP contribution in [0.2, 0.25) is 5.15 Å². The zero-order valence-corrected chi connectivity index (χ0v) is 9.00. The predicted molar refractivity (Wildman–Crippen MR) is 52.8 cm³/mol. The molecule has 0 saturated heterocycles. The van der Waals surface area contributed by atoms with Crippen molar-refractivity contribution in [2.24, 2.45) is 0 Å². The van der Waals surface area contributed by atoms with Crippen LogP contribution >= 0.6 is 11.6 Å². The Labute approximate surface area is 87.3 Å². The van der Waals surface area contributed by atoms with E-state index in [1.807, 2.05) is 20.8 Å². The van der Waals surface area contributed by atoms with Gasteiger partial charge in [0.25, 0.3) is 0 Å². The van der Waals surface area contributed by atoms with E-state index in [2.05, 4.69) is 9.97 Å². The summed E-state index contributed by atoms with van der Waals surface area (Å²) >= 11 is 5.67. The van der Waals surface area contributed by atoms with Gasteiger partial charge in [-0.2, -0.15) is 4.98 Å². The van der Waals surface area contributed by atoms with Crippen LogP contribution in [0.1, 0.15) is 31.3 Å². The predicted octanol–water partition coefficient (Wildman–Crippen LogP) is 2.12. The van der Waals surface area contributed by atoms with Gasteiger partial charge in [-0.1, -0.05) is 11.6 Å². The molecule has 0 aliphatic carbocycles. The number of aromatic nitrogens is 2. The quantitative estimate of drug-likeness (QED) is 0.708. The fourth-order valence-electron chi connectivity index (χ4n) is 0.803. The lowest BCUT2D eigenvalue weighted by Crippen LogP contribution is -2.23. The van der Waals surface area contributed by atoms with Crippen molar-refractivity contribution in [2.45, 2.75) is 26.4 Å². The average molecular weight is 215 g/mol. The van der Waals surface area contributed by atoms with E-state index in [9.17, 15) is 4.79 Å². The molecule has 0 aromatic carbocycles. The smallest absolute Gasteiger partial charge is 0.234 e. The van der Waals surface area contributed by atoms with E-state index >= 15 is 0 Å². The number of aldehydes is 1. The molecule has 1 aromatic heterocycles. The lowest BCUT2D eigenvalue weighted by atomic mass is 10.2. The molecule has 76 valence electrons.